The minimum Gasteiger partial charge on any atom is -0.543 e. The maximum absolute atomic E-state index is 11.6. The Morgan fingerprint density at radius 2 is 0.929 bits per heavy atom. The lowest BCUT2D eigenvalue weighted by atomic mass is 9.90. The number of hydrogen-bond donors (Lipinski definition) is 0. The fraction of sp³-hybridized carbons (Fsp3) is 0.412. The van der Waals surface area contributed by atoms with Gasteiger partial charge in [-0.2, -0.15) is 0 Å². The second kappa shape index (κ2) is 10.7. The highest BCUT2D eigenvalue weighted by molar-refractivity contribution is 6.75. The van der Waals surface area contributed by atoms with Gasteiger partial charge in [0.05, 0.1) is 0 Å². The van der Waals surface area contributed by atoms with E-state index in [2.05, 4.69) is 81.6 Å². The summed E-state index contributed by atoms with van der Waals surface area (Å²) >= 11 is 0. The average molecular weight is 605 g/mol. The minimum absolute atomic E-state index is 0.0132. The van der Waals surface area contributed by atoms with Gasteiger partial charge in [-0.15, -0.1) is 0 Å². The largest absolute Gasteiger partial charge is 0.543 e. The van der Waals surface area contributed by atoms with Crippen molar-refractivity contribution >= 4 is 61.9 Å². The van der Waals surface area contributed by atoms with Crippen LogP contribution in [-0.4, -0.2) is 29.6 Å². The van der Waals surface area contributed by atoms with Crippen molar-refractivity contribution in [3.63, 3.8) is 0 Å². The van der Waals surface area contributed by atoms with Crippen LogP contribution in [0.4, 0.5) is 0 Å². The van der Waals surface area contributed by atoms with Crippen LogP contribution in [0, 0.1) is 13.8 Å². The third kappa shape index (κ3) is 5.42. The van der Waals surface area contributed by atoms with E-state index < -0.39 is 16.6 Å². The highest BCUT2D eigenvalue weighted by Crippen LogP contribution is 2.48. The Morgan fingerprint density at radius 1 is 0.571 bits per heavy atom. The molecule has 42 heavy (non-hydrogen) atoms. The molecule has 0 saturated heterocycles. The molecule has 0 aliphatic carbocycles. The third-order valence-corrected chi connectivity index (χ3v) is 18.1. The van der Waals surface area contributed by atoms with Crippen LogP contribution >= 0.6 is 0 Å². The summed E-state index contributed by atoms with van der Waals surface area (Å²) in [5.41, 5.74) is 1.92. The predicted octanol–water partition coefficient (Wildman–Crippen LogP) is 9.60. The van der Waals surface area contributed by atoms with Crippen LogP contribution in [0.15, 0.2) is 36.4 Å². The summed E-state index contributed by atoms with van der Waals surface area (Å²) in [5.74, 6) is 2.48. The molecule has 4 rings (SSSR count). The summed E-state index contributed by atoms with van der Waals surface area (Å²) in [5, 5.41) is 5.23. The van der Waals surface area contributed by atoms with Gasteiger partial charge in [-0.05, 0) is 108 Å². The molecule has 0 aliphatic rings. The van der Waals surface area contributed by atoms with Crippen LogP contribution in [0.2, 0.25) is 36.3 Å². The van der Waals surface area contributed by atoms with Crippen LogP contribution < -0.4 is 18.3 Å². The van der Waals surface area contributed by atoms with E-state index in [-0.39, 0.29) is 10.1 Å². The molecular formula is C34H44O6Si2. The third-order valence-electron chi connectivity index (χ3n) is 9.42. The number of carbonyl (C=O) groups is 2. The van der Waals surface area contributed by atoms with Crippen LogP contribution in [-0.2, 0) is 9.59 Å². The van der Waals surface area contributed by atoms with Gasteiger partial charge in [-0.3, -0.25) is 9.59 Å². The van der Waals surface area contributed by atoms with E-state index in [1.54, 1.807) is 0 Å². The molecule has 4 aromatic rings. The minimum atomic E-state index is -2.16. The van der Waals surface area contributed by atoms with Gasteiger partial charge in [-0.1, -0.05) is 41.5 Å². The summed E-state index contributed by atoms with van der Waals surface area (Å²) in [6, 6.07) is 11.6. The van der Waals surface area contributed by atoms with Crippen molar-refractivity contribution in [2.75, 3.05) is 0 Å². The van der Waals surface area contributed by atoms with Gasteiger partial charge in [0.2, 0.25) is 16.6 Å². The standard InChI is InChI=1S/C34H44O6Si2/c1-21-26(39-41(9,10)33(3,4)5)15-13-24-28(37-19-35)17-23-18-29(38-20-36)25-14-16-27(40-42(11,12)34(6,7)8)22(2)31(25)32(23)30(21)24/h13-20H,1-12H3. The normalized spacial score (nSPS) is 13.0. The maximum Gasteiger partial charge on any atom is 0.298 e. The van der Waals surface area contributed by atoms with E-state index in [4.69, 9.17) is 18.3 Å². The molecule has 0 radical (unpaired) electrons. The quantitative estimate of drug-likeness (QED) is 0.113. The zero-order chi connectivity index (χ0) is 31.4. The molecule has 8 heteroatoms. The van der Waals surface area contributed by atoms with Gasteiger partial charge in [0.25, 0.3) is 12.9 Å². The maximum atomic E-state index is 11.6. The van der Waals surface area contributed by atoms with E-state index in [9.17, 15) is 9.59 Å². The van der Waals surface area contributed by atoms with Crippen molar-refractivity contribution < 1.29 is 27.9 Å². The number of fused-ring (bicyclic) bond motifs is 5. The average Bonchev–Trinajstić information content (AvgIpc) is 2.86. The van der Waals surface area contributed by atoms with Gasteiger partial charge < -0.3 is 18.3 Å². The fourth-order valence-corrected chi connectivity index (χ4v) is 7.01. The second-order valence-electron chi connectivity index (χ2n) is 14.2. The van der Waals surface area contributed by atoms with Gasteiger partial charge >= 0.3 is 0 Å². The van der Waals surface area contributed by atoms with Crippen molar-refractivity contribution in [3.05, 3.63) is 47.5 Å². The SMILES string of the molecule is Cc1c(O[Si](C)(C)C(C)(C)C)ccc2c(OC=O)cc3cc(OC=O)c4ccc(O[Si](C)(C)C(C)(C)C)c(C)c4c3c12. The molecule has 0 aliphatic heterocycles. The van der Waals surface area contributed by atoms with Crippen LogP contribution in [0.1, 0.15) is 52.7 Å². The zero-order valence-corrected chi connectivity index (χ0v) is 29.1. The molecule has 4 aromatic carbocycles. The van der Waals surface area contributed by atoms with Crippen molar-refractivity contribution in [1.82, 2.24) is 0 Å². The van der Waals surface area contributed by atoms with Crippen molar-refractivity contribution in [1.29, 1.82) is 0 Å². The Morgan fingerprint density at radius 3 is 1.24 bits per heavy atom. The molecular weight excluding hydrogens is 561 g/mol. The number of rotatable bonds is 8. The Balaban J connectivity index is 2.19. The van der Waals surface area contributed by atoms with Crippen LogP contribution in [0.25, 0.3) is 32.3 Å². The van der Waals surface area contributed by atoms with E-state index in [1.165, 1.54) is 0 Å². The van der Waals surface area contributed by atoms with Gasteiger partial charge in [0.1, 0.15) is 23.0 Å². The molecule has 0 atom stereocenters. The summed E-state index contributed by atoms with van der Waals surface area (Å²) in [7, 11) is -4.32. The fourth-order valence-electron chi connectivity index (χ4n) is 4.85. The van der Waals surface area contributed by atoms with Crippen molar-refractivity contribution in [2.24, 2.45) is 0 Å². The summed E-state index contributed by atoms with van der Waals surface area (Å²) in [4.78, 5) is 23.1. The molecule has 0 heterocycles. The number of ether oxygens (including phenoxy) is 2. The molecule has 0 aromatic heterocycles. The molecule has 0 N–H and O–H groups in total. The number of carbonyl (C=O) groups excluding carboxylic acids is 2. The first-order chi connectivity index (χ1) is 19.3. The lowest BCUT2D eigenvalue weighted by Gasteiger charge is -2.37. The summed E-state index contributed by atoms with van der Waals surface area (Å²) in [6.07, 6.45) is 0. The molecule has 0 bridgehead atoms. The molecule has 0 spiro atoms. The Labute approximate surface area is 251 Å². The zero-order valence-electron chi connectivity index (χ0n) is 27.1. The Bertz CT molecular complexity index is 1590. The summed E-state index contributed by atoms with van der Waals surface area (Å²) in [6.45, 7) is 27.2. The number of aryl methyl sites for hydroxylation is 2. The molecule has 224 valence electrons. The second-order valence-corrected chi connectivity index (χ2v) is 23.7. The van der Waals surface area contributed by atoms with E-state index in [1.807, 2.05) is 36.4 Å². The van der Waals surface area contributed by atoms with E-state index >= 15 is 0 Å². The topological polar surface area (TPSA) is 71.1 Å². The highest BCUT2D eigenvalue weighted by Gasteiger charge is 2.40. The molecule has 6 nitrogen and oxygen atoms in total. The smallest absolute Gasteiger partial charge is 0.298 e. The molecule has 0 amide bonds. The summed E-state index contributed by atoms with van der Waals surface area (Å²) < 4.78 is 24.7. The van der Waals surface area contributed by atoms with Crippen molar-refractivity contribution in [2.45, 2.75) is 91.7 Å². The van der Waals surface area contributed by atoms with Gasteiger partial charge in [0.15, 0.2) is 0 Å². The first-order valence-corrected chi connectivity index (χ1v) is 20.2. The number of benzene rings is 4. The molecule has 0 fully saturated rings. The first-order valence-electron chi connectivity index (χ1n) is 14.4. The predicted molar refractivity (Wildman–Crippen MR) is 177 cm³/mol. The van der Waals surface area contributed by atoms with Crippen LogP contribution in [0.3, 0.4) is 0 Å². The lowest BCUT2D eigenvalue weighted by Crippen LogP contribution is -2.44. The lowest BCUT2D eigenvalue weighted by molar-refractivity contribution is -0.121. The first kappa shape index (κ1) is 31.6. The molecule has 0 unspecified atom stereocenters. The van der Waals surface area contributed by atoms with E-state index in [0.717, 1.165) is 54.9 Å². The van der Waals surface area contributed by atoms with Gasteiger partial charge in [-0.25, -0.2) is 0 Å². The van der Waals surface area contributed by atoms with Crippen LogP contribution in [0.5, 0.6) is 23.0 Å². The Hall–Kier alpha value is -3.37. The monoisotopic (exact) mass is 604 g/mol. The number of hydrogen-bond acceptors (Lipinski definition) is 6. The molecule has 0 saturated carbocycles. The highest BCUT2D eigenvalue weighted by atomic mass is 28.4. The Kier molecular flexibility index (Phi) is 8.06. The van der Waals surface area contributed by atoms with Gasteiger partial charge in [0, 0.05) is 21.5 Å². The van der Waals surface area contributed by atoms with Crippen molar-refractivity contribution in [3.8, 4) is 23.0 Å². The van der Waals surface area contributed by atoms with E-state index in [0.29, 0.717) is 24.4 Å².